The number of nitrogens with zero attached hydrogens (tertiary/aromatic N) is 1. The van der Waals surface area contributed by atoms with Crippen LogP contribution in [-0.2, 0) is 14.3 Å². The third-order valence-electron chi connectivity index (χ3n) is 4.49. The lowest BCUT2D eigenvalue weighted by atomic mass is 9.89. The van der Waals surface area contributed by atoms with Crippen molar-refractivity contribution in [3.05, 3.63) is 0 Å². The first kappa shape index (κ1) is 15.7. The number of rotatable bonds is 4. The van der Waals surface area contributed by atoms with E-state index in [4.69, 9.17) is 9.47 Å². The molecule has 0 saturated carbocycles. The Morgan fingerprint density at radius 2 is 2.05 bits per heavy atom. The molecule has 2 saturated heterocycles. The second kappa shape index (κ2) is 6.87. The van der Waals surface area contributed by atoms with E-state index in [1.165, 1.54) is 0 Å². The van der Waals surface area contributed by atoms with E-state index in [0.29, 0.717) is 32.6 Å². The summed E-state index contributed by atoms with van der Waals surface area (Å²) >= 11 is 0. The second-order valence-electron chi connectivity index (χ2n) is 6.10. The summed E-state index contributed by atoms with van der Waals surface area (Å²) in [4.78, 5) is 14.3. The van der Waals surface area contributed by atoms with Crippen molar-refractivity contribution in [1.29, 1.82) is 0 Å². The van der Waals surface area contributed by atoms with Gasteiger partial charge in [-0.25, -0.2) is 0 Å². The molecule has 0 aliphatic carbocycles. The monoisotopic (exact) mass is 285 g/mol. The molecular formula is C15H27NO4. The van der Waals surface area contributed by atoms with Gasteiger partial charge < -0.3 is 19.5 Å². The summed E-state index contributed by atoms with van der Waals surface area (Å²) in [7, 11) is 1.79. The lowest BCUT2D eigenvalue weighted by molar-refractivity contribution is -0.149. The molecule has 5 nitrogen and oxygen atoms in total. The fourth-order valence-electron chi connectivity index (χ4n) is 3.24. The quantitative estimate of drug-likeness (QED) is 0.843. The van der Waals surface area contributed by atoms with Crippen molar-refractivity contribution in [2.24, 2.45) is 5.92 Å². The van der Waals surface area contributed by atoms with E-state index < -0.39 is 5.60 Å². The lowest BCUT2D eigenvalue weighted by Gasteiger charge is -2.38. The molecule has 0 bridgehead atoms. The Hall–Kier alpha value is -0.650. The van der Waals surface area contributed by atoms with Gasteiger partial charge in [0.15, 0.2) is 0 Å². The average Bonchev–Trinajstić information content (AvgIpc) is 2.46. The molecule has 116 valence electrons. The molecule has 0 spiro atoms. The summed E-state index contributed by atoms with van der Waals surface area (Å²) < 4.78 is 11.0. The van der Waals surface area contributed by atoms with Crippen LogP contribution in [-0.4, -0.2) is 61.0 Å². The van der Waals surface area contributed by atoms with Crippen molar-refractivity contribution < 1.29 is 19.4 Å². The highest BCUT2D eigenvalue weighted by Crippen LogP contribution is 2.27. The van der Waals surface area contributed by atoms with Gasteiger partial charge in [0.25, 0.3) is 0 Å². The minimum absolute atomic E-state index is 0.0306. The van der Waals surface area contributed by atoms with E-state index in [1.54, 1.807) is 11.9 Å². The lowest BCUT2D eigenvalue weighted by Crippen LogP contribution is -2.50. The summed E-state index contributed by atoms with van der Waals surface area (Å²) in [6.07, 6.45) is 3.93. The summed E-state index contributed by atoms with van der Waals surface area (Å²) in [5.74, 6) is 0.0543. The third-order valence-corrected chi connectivity index (χ3v) is 4.49. The minimum Gasteiger partial charge on any atom is -0.388 e. The Balaban J connectivity index is 1.93. The van der Waals surface area contributed by atoms with E-state index in [-0.39, 0.29) is 17.9 Å². The van der Waals surface area contributed by atoms with Crippen molar-refractivity contribution in [1.82, 2.24) is 4.90 Å². The maximum atomic E-state index is 12.6. The summed E-state index contributed by atoms with van der Waals surface area (Å²) in [6, 6.07) is 0. The van der Waals surface area contributed by atoms with Gasteiger partial charge in [0.2, 0.25) is 5.91 Å². The van der Waals surface area contributed by atoms with E-state index in [0.717, 1.165) is 25.9 Å². The van der Waals surface area contributed by atoms with E-state index in [2.05, 4.69) is 6.92 Å². The SMILES string of the molecule is CC[C@@H]1OCCC[C@@H]1C(=O)N(C)CC1(O)CCOCC1. The average molecular weight is 285 g/mol. The van der Waals surface area contributed by atoms with Crippen LogP contribution in [0.5, 0.6) is 0 Å². The smallest absolute Gasteiger partial charge is 0.228 e. The normalized spacial score (nSPS) is 29.9. The van der Waals surface area contributed by atoms with Crippen LogP contribution in [0.1, 0.15) is 39.0 Å². The number of ether oxygens (including phenoxy) is 2. The highest BCUT2D eigenvalue weighted by atomic mass is 16.5. The molecule has 0 radical (unpaired) electrons. The van der Waals surface area contributed by atoms with E-state index in [1.807, 2.05) is 0 Å². The van der Waals surface area contributed by atoms with Crippen molar-refractivity contribution in [2.75, 3.05) is 33.4 Å². The molecule has 0 aromatic carbocycles. The molecular weight excluding hydrogens is 258 g/mol. The maximum Gasteiger partial charge on any atom is 0.228 e. The van der Waals surface area contributed by atoms with Crippen LogP contribution >= 0.6 is 0 Å². The zero-order chi connectivity index (χ0) is 14.6. The molecule has 0 aromatic rings. The number of aliphatic hydroxyl groups is 1. The van der Waals surface area contributed by atoms with Gasteiger partial charge in [0.1, 0.15) is 0 Å². The molecule has 20 heavy (non-hydrogen) atoms. The van der Waals surface area contributed by atoms with Crippen LogP contribution in [0.2, 0.25) is 0 Å². The van der Waals surface area contributed by atoms with Crippen LogP contribution in [0, 0.1) is 5.92 Å². The molecule has 0 unspecified atom stereocenters. The molecule has 5 heteroatoms. The number of carbonyl (C=O) groups is 1. The highest BCUT2D eigenvalue weighted by Gasteiger charge is 2.37. The molecule has 1 amide bonds. The summed E-state index contributed by atoms with van der Waals surface area (Å²) in [5, 5.41) is 10.5. The zero-order valence-corrected chi connectivity index (χ0v) is 12.6. The predicted octanol–water partition coefficient (Wildman–Crippen LogP) is 1.19. The molecule has 2 aliphatic heterocycles. The molecule has 2 rings (SSSR count). The fourth-order valence-corrected chi connectivity index (χ4v) is 3.24. The number of hydrogen-bond donors (Lipinski definition) is 1. The molecule has 2 fully saturated rings. The first-order valence-corrected chi connectivity index (χ1v) is 7.72. The number of hydrogen-bond acceptors (Lipinski definition) is 4. The third kappa shape index (κ3) is 3.71. The van der Waals surface area contributed by atoms with Crippen LogP contribution in [0.15, 0.2) is 0 Å². The Bertz CT molecular complexity index is 328. The van der Waals surface area contributed by atoms with Crippen LogP contribution in [0.25, 0.3) is 0 Å². The largest absolute Gasteiger partial charge is 0.388 e. The van der Waals surface area contributed by atoms with Gasteiger partial charge in [0, 0.05) is 46.3 Å². The van der Waals surface area contributed by atoms with Crippen molar-refractivity contribution in [2.45, 2.75) is 50.7 Å². The first-order valence-electron chi connectivity index (χ1n) is 7.72. The number of carbonyl (C=O) groups excluding carboxylic acids is 1. The molecule has 2 atom stereocenters. The highest BCUT2D eigenvalue weighted by molar-refractivity contribution is 5.79. The van der Waals surface area contributed by atoms with E-state index >= 15 is 0 Å². The van der Waals surface area contributed by atoms with Crippen molar-refractivity contribution in [3.8, 4) is 0 Å². The molecule has 0 aromatic heterocycles. The predicted molar refractivity (Wildman–Crippen MR) is 75.4 cm³/mol. The van der Waals surface area contributed by atoms with Crippen molar-refractivity contribution in [3.63, 3.8) is 0 Å². The number of amides is 1. The summed E-state index contributed by atoms with van der Waals surface area (Å²) in [5.41, 5.74) is -0.792. The molecule has 2 aliphatic rings. The molecule has 2 heterocycles. The topological polar surface area (TPSA) is 59.0 Å². The zero-order valence-electron chi connectivity index (χ0n) is 12.6. The van der Waals surface area contributed by atoms with Gasteiger partial charge in [0.05, 0.1) is 17.6 Å². The Kier molecular flexibility index (Phi) is 5.41. The minimum atomic E-state index is -0.792. The fraction of sp³-hybridized carbons (Fsp3) is 0.933. The van der Waals surface area contributed by atoms with Gasteiger partial charge in [-0.2, -0.15) is 0 Å². The second-order valence-corrected chi connectivity index (χ2v) is 6.10. The van der Waals surface area contributed by atoms with Crippen LogP contribution < -0.4 is 0 Å². The molecule has 1 N–H and O–H groups in total. The van der Waals surface area contributed by atoms with Gasteiger partial charge in [-0.15, -0.1) is 0 Å². The Labute approximate surface area is 121 Å². The van der Waals surface area contributed by atoms with Gasteiger partial charge in [-0.3, -0.25) is 4.79 Å². The Morgan fingerprint density at radius 3 is 2.70 bits per heavy atom. The van der Waals surface area contributed by atoms with Gasteiger partial charge in [-0.05, 0) is 19.3 Å². The van der Waals surface area contributed by atoms with Crippen LogP contribution in [0.4, 0.5) is 0 Å². The number of likely N-dealkylation sites (N-methyl/N-ethyl adjacent to an activating group) is 1. The standard InChI is InChI=1S/C15H27NO4/c1-3-13-12(5-4-8-20-13)14(17)16(2)11-15(18)6-9-19-10-7-15/h12-13,18H,3-11H2,1-2H3/t12-,13-/m0/s1. The van der Waals surface area contributed by atoms with Gasteiger partial charge >= 0.3 is 0 Å². The Morgan fingerprint density at radius 1 is 1.35 bits per heavy atom. The van der Waals surface area contributed by atoms with E-state index in [9.17, 15) is 9.90 Å². The van der Waals surface area contributed by atoms with Crippen molar-refractivity contribution >= 4 is 5.91 Å². The first-order chi connectivity index (χ1) is 9.56. The maximum absolute atomic E-state index is 12.6. The van der Waals surface area contributed by atoms with Gasteiger partial charge in [-0.1, -0.05) is 6.92 Å². The van der Waals surface area contributed by atoms with Crippen LogP contribution in [0.3, 0.4) is 0 Å². The summed E-state index contributed by atoms with van der Waals surface area (Å²) in [6.45, 7) is 4.35.